The first-order chi connectivity index (χ1) is 16.7. The highest BCUT2D eigenvalue weighted by atomic mass is 16.5. The van der Waals surface area contributed by atoms with Crippen LogP contribution in [0.1, 0.15) is 22.9 Å². The molecule has 1 atom stereocenters. The Morgan fingerprint density at radius 2 is 1.79 bits per heavy atom. The molecule has 0 spiro atoms. The molecule has 1 saturated heterocycles. The number of likely N-dealkylation sites (tertiary alicyclic amines) is 1. The van der Waals surface area contributed by atoms with Gasteiger partial charge in [-0.2, -0.15) is 10.5 Å². The van der Waals surface area contributed by atoms with Crippen molar-refractivity contribution < 1.29 is 4.74 Å². The van der Waals surface area contributed by atoms with Crippen molar-refractivity contribution in [2.24, 2.45) is 0 Å². The van der Waals surface area contributed by atoms with E-state index >= 15 is 0 Å². The number of hydrogen-bond acceptors (Lipinski definition) is 6. The molecule has 6 heteroatoms. The topological polar surface area (TPSA) is 84.1 Å². The second-order valence-corrected chi connectivity index (χ2v) is 8.59. The van der Waals surface area contributed by atoms with Gasteiger partial charge in [0.05, 0.1) is 29.3 Å². The average Bonchev–Trinajstić information content (AvgIpc) is 2.87. The van der Waals surface area contributed by atoms with E-state index in [0.717, 1.165) is 47.2 Å². The van der Waals surface area contributed by atoms with Crippen LogP contribution in [-0.4, -0.2) is 37.7 Å². The number of nitrogens with one attached hydrogen (secondary N) is 2. The third kappa shape index (κ3) is 4.25. The van der Waals surface area contributed by atoms with Gasteiger partial charge in [0.1, 0.15) is 6.23 Å². The van der Waals surface area contributed by atoms with Gasteiger partial charge in [-0.25, -0.2) is 0 Å². The first-order valence-corrected chi connectivity index (χ1v) is 11.3. The molecule has 2 heterocycles. The van der Waals surface area contributed by atoms with Crippen LogP contribution in [0.25, 0.3) is 23.4 Å². The predicted octanol–water partition coefficient (Wildman–Crippen LogP) is 2.66. The van der Waals surface area contributed by atoms with Crippen LogP contribution in [-0.2, 0) is 4.74 Å². The van der Waals surface area contributed by atoms with Crippen LogP contribution in [0.4, 0.5) is 5.69 Å². The first kappa shape index (κ1) is 21.7. The minimum atomic E-state index is -0.138. The van der Waals surface area contributed by atoms with Crippen LogP contribution in [0.5, 0.6) is 0 Å². The molecule has 0 saturated carbocycles. The zero-order valence-electron chi connectivity index (χ0n) is 19.0. The highest BCUT2D eigenvalue weighted by molar-refractivity contribution is 5.71. The summed E-state index contributed by atoms with van der Waals surface area (Å²) in [5.41, 5.74) is 5.55. The van der Waals surface area contributed by atoms with Crippen molar-refractivity contribution in [3.05, 3.63) is 87.8 Å². The van der Waals surface area contributed by atoms with E-state index in [1.807, 2.05) is 48.5 Å². The van der Waals surface area contributed by atoms with Crippen LogP contribution in [0.3, 0.4) is 0 Å². The lowest BCUT2D eigenvalue weighted by Gasteiger charge is -2.44. The minimum absolute atomic E-state index is 0.138. The standard InChI is InChI=1S/C28H25N5O/c1-34-28(21-7-5-19(14-29)6-8-21)33-17-25(18-33)32-27-13-24(12-23-9-10-31-16-26(23)27)22-4-2-3-20(11-22)15-30/h2-9,11-13,16,25,28,31-32H,10,17-18H2,1H3. The zero-order chi connectivity index (χ0) is 23.5. The Hall–Kier alpha value is -4.10. The molecule has 0 aromatic heterocycles. The summed E-state index contributed by atoms with van der Waals surface area (Å²) in [5, 5.41) is 27.7. The van der Waals surface area contributed by atoms with Crippen molar-refractivity contribution >= 4 is 18.0 Å². The molecule has 2 aliphatic rings. The van der Waals surface area contributed by atoms with E-state index in [1.54, 1.807) is 7.11 Å². The third-order valence-electron chi connectivity index (χ3n) is 6.37. The summed E-state index contributed by atoms with van der Waals surface area (Å²) >= 11 is 0. The van der Waals surface area contributed by atoms with Crippen molar-refractivity contribution in [3.63, 3.8) is 0 Å². The summed E-state index contributed by atoms with van der Waals surface area (Å²) in [6.07, 6.45) is 4.12. The maximum atomic E-state index is 9.30. The molecule has 5 rings (SSSR count). The molecule has 3 aromatic rings. The summed E-state index contributed by atoms with van der Waals surface area (Å²) in [4.78, 5) is 2.28. The molecule has 1 fully saturated rings. The fraction of sp³-hybridized carbons (Fsp3) is 0.214. The van der Waals surface area contributed by atoms with Gasteiger partial charge in [-0.1, -0.05) is 30.3 Å². The van der Waals surface area contributed by atoms with E-state index in [1.165, 1.54) is 5.22 Å². The predicted molar refractivity (Wildman–Crippen MR) is 133 cm³/mol. The normalized spacial score (nSPS) is 15.9. The fourth-order valence-corrected chi connectivity index (χ4v) is 4.62. The Morgan fingerprint density at radius 3 is 2.53 bits per heavy atom. The summed E-state index contributed by atoms with van der Waals surface area (Å²) in [6, 6.07) is 24.3. The van der Waals surface area contributed by atoms with Gasteiger partial charge in [-0.3, -0.25) is 4.90 Å². The van der Waals surface area contributed by atoms with E-state index in [2.05, 4.69) is 52.1 Å². The van der Waals surface area contributed by atoms with Gasteiger partial charge in [-0.05, 0) is 58.3 Å². The summed E-state index contributed by atoms with van der Waals surface area (Å²) in [5.74, 6) is 0. The lowest BCUT2D eigenvalue weighted by molar-refractivity contribution is -0.0710. The monoisotopic (exact) mass is 447 g/mol. The van der Waals surface area contributed by atoms with E-state index < -0.39 is 0 Å². The SMILES string of the molecule is COC(c1ccc(C#N)cc1)N1CC(Nc2cc(-c3cccc(C#N)c3)cc3c2=CNCC=3)C1. The number of benzene rings is 3. The highest BCUT2D eigenvalue weighted by Gasteiger charge is 2.33. The number of ether oxygens (including phenoxy) is 1. The number of anilines is 1. The van der Waals surface area contributed by atoms with Crippen molar-refractivity contribution in [2.75, 3.05) is 32.1 Å². The fourth-order valence-electron chi connectivity index (χ4n) is 4.62. The van der Waals surface area contributed by atoms with Crippen LogP contribution in [0.15, 0.2) is 60.7 Å². The Labute approximate surface area is 199 Å². The Kier molecular flexibility index (Phi) is 6.01. The quantitative estimate of drug-likeness (QED) is 0.605. The van der Waals surface area contributed by atoms with Crippen LogP contribution >= 0.6 is 0 Å². The molecule has 3 aromatic carbocycles. The van der Waals surface area contributed by atoms with E-state index in [9.17, 15) is 5.26 Å². The summed E-state index contributed by atoms with van der Waals surface area (Å²) in [6.45, 7) is 2.49. The van der Waals surface area contributed by atoms with Gasteiger partial charge < -0.3 is 15.4 Å². The number of fused-ring (bicyclic) bond motifs is 1. The van der Waals surface area contributed by atoms with Crippen molar-refractivity contribution in [1.82, 2.24) is 10.2 Å². The molecule has 0 radical (unpaired) electrons. The van der Waals surface area contributed by atoms with Gasteiger partial charge in [0.2, 0.25) is 0 Å². The van der Waals surface area contributed by atoms with Crippen LogP contribution < -0.4 is 21.1 Å². The minimum Gasteiger partial charge on any atom is -0.387 e. The number of methoxy groups -OCH3 is 1. The zero-order valence-corrected chi connectivity index (χ0v) is 19.0. The van der Waals surface area contributed by atoms with E-state index in [4.69, 9.17) is 10.00 Å². The summed E-state index contributed by atoms with van der Waals surface area (Å²) in [7, 11) is 1.72. The molecule has 0 bridgehead atoms. The first-order valence-electron chi connectivity index (χ1n) is 11.3. The van der Waals surface area contributed by atoms with E-state index in [0.29, 0.717) is 11.1 Å². The Bertz CT molecular complexity index is 1410. The molecule has 34 heavy (non-hydrogen) atoms. The molecule has 2 N–H and O–H groups in total. The maximum absolute atomic E-state index is 9.30. The molecule has 168 valence electrons. The van der Waals surface area contributed by atoms with Gasteiger partial charge in [0.25, 0.3) is 0 Å². The number of rotatable bonds is 6. The smallest absolute Gasteiger partial charge is 0.136 e. The molecular formula is C28H25N5O. The Balaban J connectivity index is 1.37. The largest absolute Gasteiger partial charge is 0.387 e. The lowest BCUT2D eigenvalue weighted by Crippen LogP contribution is -2.56. The van der Waals surface area contributed by atoms with Gasteiger partial charge in [0.15, 0.2) is 0 Å². The van der Waals surface area contributed by atoms with Crippen LogP contribution in [0.2, 0.25) is 0 Å². The molecule has 2 aliphatic heterocycles. The van der Waals surface area contributed by atoms with Gasteiger partial charge in [-0.15, -0.1) is 0 Å². The number of nitrogens with zero attached hydrogens (tertiary/aromatic N) is 3. The molecule has 1 unspecified atom stereocenters. The molecule has 0 aliphatic carbocycles. The van der Waals surface area contributed by atoms with Crippen molar-refractivity contribution in [1.29, 1.82) is 10.5 Å². The number of nitriles is 2. The Morgan fingerprint density at radius 1 is 1.00 bits per heavy atom. The second-order valence-electron chi connectivity index (χ2n) is 8.59. The van der Waals surface area contributed by atoms with Crippen molar-refractivity contribution in [3.8, 4) is 23.3 Å². The molecule has 0 amide bonds. The molecular weight excluding hydrogens is 422 g/mol. The second kappa shape index (κ2) is 9.41. The third-order valence-corrected chi connectivity index (χ3v) is 6.37. The van der Waals surface area contributed by atoms with Gasteiger partial charge in [0, 0.05) is 43.9 Å². The maximum Gasteiger partial charge on any atom is 0.136 e. The average molecular weight is 448 g/mol. The van der Waals surface area contributed by atoms with Crippen LogP contribution in [0, 0.1) is 22.7 Å². The lowest BCUT2D eigenvalue weighted by atomic mass is 9.99. The van der Waals surface area contributed by atoms with Crippen molar-refractivity contribution in [2.45, 2.75) is 12.3 Å². The highest BCUT2D eigenvalue weighted by Crippen LogP contribution is 2.28. The van der Waals surface area contributed by atoms with E-state index in [-0.39, 0.29) is 12.3 Å². The summed E-state index contributed by atoms with van der Waals surface area (Å²) < 4.78 is 5.77. The number of hydrogen-bond donors (Lipinski definition) is 2. The molecule has 6 nitrogen and oxygen atoms in total. The van der Waals surface area contributed by atoms with Gasteiger partial charge >= 0.3 is 0 Å².